The van der Waals surface area contributed by atoms with Gasteiger partial charge in [0.15, 0.2) is 17.6 Å². The fraction of sp³-hybridized carbons (Fsp3) is 0.562. The third kappa shape index (κ3) is 3.44. The highest BCUT2D eigenvalue weighted by molar-refractivity contribution is 5.78. The van der Waals surface area contributed by atoms with E-state index < -0.39 is 0 Å². The van der Waals surface area contributed by atoms with E-state index in [0.29, 0.717) is 13.2 Å². The third-order valence-corrected chi connectivity index (χ3v) is 3.56. The predicted octanol–water partition coefficient (Wildman–Crippen LogP) is 2.72. The van der Waals surface area contributed by atoms with Crippen LogP contribution in [0, 0.1) is 5.92 Å². The maximum absolute atomic E-state index is 12.2. The van der Waals surface area contributed by atoms with Crippen molar-refractivity contribution in [2.24, 2.45) is 5.92 Å². The van der Waals surface area contributed by atoms with Crippen LogP contribution in [0.5, 0.6) is 11.5 Å². The lowest BCUT2D eigenvalue weighted by atomic mass is 10.0. The number of likely N-dealkylation sites (N-methyl/N-ethyl adjacent to an activating group) is 1. The first-order chi connectivity index (χ1) is 9.61. The van der Waals surface area contributed by atoms with Crippen molar-refractivity contribution >= 4 is 5.91 Å². The van der Waals surface area contributed by atoms with Gasteiger partial charge in [-0.15, -0.1) is 0 Å². The van der Waals surface area contributed by atoms with Crippen molar-refractivity contribution in [1.29, 1.82) is 0 Å². The SMILES string of the molecule is CCCC(C)C(=O)N(C)CC1COc2ccccc2O1. The molecule has 2 unspecified atom stereocenters. The van der Waals surface area contributed by atoms with Crippen LogP contribution in [-0.2, 0) is 4.79 Å². The Morgan fingerprint density at radius 1 is 1.40 bits per heavy atom. The molecule has 20 heavy (non-hydrogen) atoms. The molecular formula is C16H23NO3. The molecule has 1 aliphatic rings. The Bertz CT molecular complexity index is 461. The van der Waals surface area contributed by atoms with Crippen molar-refractivity contribution in [2.45, 2.75) is 32.8 Å². The molecule has 0 spiro atoms. The maximum atomic E-state index is 12.2. The highest BCUT2D eigenvalue weighted by atomic mass is 16.6. The van der Waals surface area contributed by atoms with Crippen LogP contribution in [0.4, 0.5) is 0 Å². The minimum absolute atomic E-state index is 0.0711. The highest BCUT2D eigenvalue weighted by Crippen LogP contribution is 2.31. The number of nitrogens with zero attached hydrogens (tertiary/aromatic N) is 1. The second-order valence-electron chi connectivity index (χ2n) is 5.41. The Kier molecular flexibility index (Phi) is 4.88. The Morgan fingerprint density at radius 3 is 2.80 bits per heavy atom. The molecular weight excluding hydrogens is 254 g/mol. The summed E-state index contributed by atoms with van der Waals surface area (Å²) >= 11 is 0. The zero-order valence-corrected chi connectivity index (χ0v) is 12.5. The quantitative estimate of drug-likeness (QED) is 0.830. The Hall–Kier alpha value is -1.71. The Labute approximate surface area is 120 Å². The second kappa shape index (κ2) is 6.64. The number of carbonyl (C=O) groups is 1. The molecule has 2 atom stereocenters. The average molecular weight is 277 g/mol. The number of hydrogen-bond acceptors (Lipinski definition) is 3. The summed E-state index contributed by atoms with van der Waals surface area (Å²) in [4.78, 5) is 13.9. The van der Waals surface area contributed by atoms with Crippen molar-refractivity contribution in [3.63, 3.8) is 0 Å². The van der Waals surface area contributed by atoms with Crippen molar-refractivity contribution in [1.82, 2.24) is 4.90 Å². The molecule has 0 saturated heterocycles. The van der Waals surface area contributed by atoms with Crippen molar-refractivity contribution < 1.29 is 14.3 Å². The molecule has 1 aromatic carbocycles. The maximum Gasteiger partial charge on any atom is 0.225 e. The van der Waals surface area contributed by atoms with Crippen LogP contribution in [0.1, 0.15) is 26.7 Å². The first-order valence-electron chi connectivity index (χ1n) is 7.25. The molecule has 1 aliphatic heterocycles. The molecule has 4 heteroatoms. The van der Waals surface area contributed by atoms with E-state index in [1.165, 1.54) is 0 Å². The van der Waals surface area contributed by atoms with Gasteiger partial charge in [0.1, 0.15) is 6.61 Å². The molecule has 1 amide bonds. The van der Waals surface area contributed by atoms with Crippen LogP contribution in [0.3, 0.4) is 0 Å². The van der Waals surface area contributed by atoms with Crippen molar-refractivity contribution in [3.05, 3.63) is 24.3 Å². The van der Waals surface area contributed by atoms with E-state index in [2.05, 4.69) is 6.92 Å². The zero-order valence-electron chi connectivity index (χ0n) is 12.5. The minimum Gasteiger partial charge on any atom is -0.486 e. The predicted molar refractivity (Wildman–Crippen MR) is 78.1 cm³/mol. The molecule has 110 valence electrons. The van der Waals surface area contributed by atoms with Gasteiger partial charge in [0, 0.05) is 13.0 Å². The fourth-order valence-electron chi connectivity index (χ4n) is 2.48. The minimum atomic E-state index is -0.104. The van der Waals surface area contributed by atoms with Gasteiger partial charge in [-0.05, 0) is 18.6 Å². The molecule has 1 heterocycles. The van der Waals surface area contributed by atoms with Crippen LogP contribution in [0.25, 0.3) is 0 Å². The number of para-hydroxylation sites is 2. The average Bonchev–Trinajstić information content (AvgIpc) is 2.46. The molecule has 2 rings (SSSR count). The van der Waals surface area contributed by atoms with E-state index in [1.807, 2.05) is 38.2 Å². The standard InChI is InChI=1S/C16H23NO3/c1-4-7-12(2)16(18)17(3)10-13-11-19-14-8-5-6-9-15(14)20-13/h5-6,8-9,12-13H,4,7,10-11H2,1-3H3. The summed E-state index contributed by atoms with van der Waals surface area (Å²) in [5.74, 6) is 1.78. The lowest BCUT2D eigenvalue weighted by Gasteiger charge is -2.30. The molecule has 0 N–H and O–H groups in total. The van der Waals surface area contributed by atoms with Crippen molar-refractivity contribution in [2.75, 3.05) is 20.2 Å². The molecule has 1 aromatic rings. The molecule has 4 nitrogen and oxygen atoms in total. The molecule has 0 aliphatic carbocycles. The summed E-state index contributed by atoms with van der Waals surface area (Å²) in [6, 6.07) is 7.63. The van der Waals surface area contributed by atoms with Gasteiger partial charge in [-0.25, -0.2) is 0 Å². The van der Waals surface area contributed by atoms with Crippen LogP contribution in [0.2, 0.25) is 0 Å². The van der Waals surface area contributed by atoms with Gasteiger partial charge in [0.2, 0.25) is 5.91 Å². The van der Waals surface area contributed by atoms with Crippen LogP contribution in [-0.4, -0.2) is 37.1 Å². The summed E-state index contributed by atoms with van der Waals surface area (Å²) in [6.07, 6.45) is 1.85. The second-order valence-corrected chi connectivity index (χ2v) is 5.41. The largest absolute Gasteiger partial charge is 0.486 e. The number of carbonyl (C=O) groups excluding carboxylic acids is 1. The molecule has 0 bridgehead atoms. The summed E-state index contributed by atoms with van der Waals surface area (Å²) in [6.45, 7) is 5.12. The monoisotopic (exact) mass is 277 g/mol. The van der Waals surface area contributed by atoms with E-state index >= 15 is 0 Å². The van der Waals surface area contributed by atoms with Gasteiger partial charge in [0.05, 0.1) is 6.54 Å². The van der Waals surface area contributed by atoms with E-state index in [0.717, 1.165) is 24.3 Å². The van der Waals surface area contributed by atoms with Gasteiger partial charge in [0.25, 0.3) is 0 Å². The molecule has 0 radical (unpaired) electrons. The number of fused-ring (bicyclic) bond motifs is 1. The van der Waals surface area contributed by atoms with Gasteiger partial charge >= 0.3 is 0 Å². The summed E-state index contributed by atoms with van der Waals surface area (Å²) in [7, 11) is 1.83. The van der Waals surface area contributed by atoms with Crippen molar-refractivity contribution in [3.8, 4) is 11.5 Å². The van der Waals surface area contributed by atoms with E-state index in [9.17, 15) is 4.79 Å². The fourth-order valence-corrected chi connectivity index (χ4v) is 2.48. The first kappa shape index (κ1) is 14.7. The number of benzene rings is 1. The Balaban J connectivity index is 1.90. The van der Waals surface area contributed by atoms with Crippen LogP contribution < -0.4 is 9.47 Å². The normalized spacial score (nSPS) is 18.4. The summed E-state index contributed by atoms with van der Waals surface area (Å²) in [5.41, 5.74) is 0. The zero-order chi connectivity index (χ0) is 14.5. The van der Waals surface area contributed by atoms with E-state index in [-0.39, 0.29) is 17.9 Å². The van der Waals surface area contributed by atoms with Gasteiger partial charge < -0.3 is 14.4 Å². The molecule has 0 fully saturated rings. The molecule has 0 aromatic heterocycles. The summed E-state index contributed by atoms with van der Waals surface area (Å²) in [5, 5.41) is 0. The number of ether oxygens (including phenoxy) is 2. The Morgan fingerprint density at radius 2 is 2.10 bits per heavy atom. The first-order valence-corrected chi connectivity index (χ1v) is 7.25. The number of amides is 1. The summed E-state index contributed by atoms with van der Waals surface area (Å²) < 4.78 is 11.5. The lowest BCUT2D eigenvalue weighted by molar-refractivity contribution is -0.135. The third-order valence-electron chi connectivity index (χ3n) is 3.56. The number of rotatable bonds is 5. The topological polar surface area (TPSA) is 38.8 Å². The lowest BCUT2D eigenvalue weighted by Crippen LogP contribution is -2.43. The molecule has 0 saturated carbocycles. The van der Waals surface area contributed by atoms with Gasteiger partial charge in [-0.3, -0.25) is 4.79 Å². The van der Waals surface area contributed by atoms with Gasteiger partial charge in [-0.2, -0.15) is 0 Å². The number of hydrogen-bond donors (Lipinski definition) is 0. The smallest absolute Gasteiger partial charge is 0.225 e. The van der Waals surface area contributed by atoms with Crippen LogP contribution >= 0.6 is 0 Å². The van der Waals surface area contributed by atoms with Gasteiger partial charge in [-0.1, -0.05) is 32.4 Å². The van der Waals surface area contributed by atoms with E-state index in [1.54, 1.807) is 4.90 Å². The highest BCUT2D eigenvalue weighted by Gasteiger charge is 2.25. The van der Waals surface area contributed by atoms with E-state index in [4.69, 9.17) is 9.47 Å². The van der Waals surface area contributed by atoms with Crippen LogP contribution in [0.15, 0.2) is 24.3 Å².